The first-order valence-electron chi connectivity index (χ1n) is 7.32. The molecule has 2 aliphatic rings. The van der Waals surface area contributed by atoms with Crippen LogP contribution in [0.25, 0.3) is 0 Å². The quantitative estimate of drug-likeness (QED) is 0.858. The summed E-state index contributed by atoms with van der Waals surface area (Å²) in [5, 5.41) is 3.64. The second kappa shape index (κ2) is 4.50. The van der Waals surface area contributed by atoms with Crippen molar-refractivity contribution in [3.8, 4) is 0 Å². The summed E-state index contributed by atoms with van der Waals surface area (Å²) in [6, 6.07) is 16.4. The van der Waals surface area contributed by atoms with E-state index >= 15 is 0 Å². The Morgan fingerprint density at radius 2 is 1.84 bits per heavy atom. The minimum atomic E-state index is 0.496. The van der Waals surface area contributed by atoms with Gasteiger partial charge in [-0.3, -0.25) is 0 Å². The number of rotatable bonds is 2. The van der Waals surface area contributed by atoms with Gasteiger partial charge < -0.3 is 5.32 Å². The Kier molecular flexibility index (Phi) is 2.66. The Bertz CT molecular complexity index is 615. The molecule has 2 aromatic rings. The van der Waals surface area contributed by atoms with Crippen LogP contribution in [-0.4, -0.2) is 0 Å². The number of benzene rings is 2. The summed E-state index contributed by atoms with van der Waals surface area (Å²) in [6.45, 7) is 1.02. The van der Waals surface area contributed by atoms with Crippen molar-refractivity contribution < 1.29 is 0 Å². The van der Waals surface area contributed by atoms with Crippen molar-refractivity contribution in [1.29, 1.82) is 0 Å². The number of nitrogens with one attached hydrogen (secondary N) is 1. The van der Waals surface area contributed by atoms with Crippen molar-refractivity contribution in [2.75, 3.05) is 0 Å². The normalized spacial score (nSPS) is 20.3. The lowest BCUT2D eigenvalue weighted by Gasteiger charge is -2.13. The first-order chi connectivity index (χ1) is 9.40. The van der Waals surface area contributed by atoms with Crippen LogP contribution in [0.4, 0.5) is 0 Å². The molecule has 0 aromatic heterocycles. The number of hydrogen-bond donors (Lipinski definition) is 1. The largest absolute Gasteiger partial charge is 0.306 e. The third kappa shape index (κ3) is 1.98. The predicted molar refractivity (Wildman–Crippen MR) is 78.2 cm³/mol. The second-order valence-corrected chi connectivity index (χ2v) is 5.79. The van der Waals surface area contributed by atoms with Crippen LogP contribution in [0, 0.1) is 0 Å². The zero-order chi connectivity index (χ0) is 12.7. The van der Waals surface area contributed by atoms with E-state index in [4.69, 9.17) is 0 Å². The van der Waals surface area contributed by atoms with Crippen LogP contribution in [0.5, 0.6) is 0 Å². The molecule has 0 spiro atoms. The Morgan fingerprint density at radius 3 is 2.84 bits per heavy atom. The maximum Gasteiger partial charge on any atom is 0.0367 e. The lowest BCUT2D eigenvalue weighted by molar-refractivity contribution is 0.581. The lowest BCUT2D eigenvalue weighted by Crippen LogP contribution is -2.14. The van der Waals surface area contributed by atoms with E-state index in [0.29, 0.717) is 6.04 Å². The van der Waals surface area contributed by atoms with E-state index in [1.165, 1.54) is 36.0 Å². The fourth-order valence-electron chi connectivity index (χ4n) is 3.55. The minimum absolute atomic E-state index is 0.496. The van der Waals surface area contributed by atoms with E-state index in [9.17, 15) is 0 Å². The fraction of sp³-hybridized carbons (Fsp3) is 0.333. The first kappa shape index (κ1) is 11.2. The highest BCUT2D eigenvalue weighted by atomic mass is 14.9. The van der Waals surface area contributed by atoms with E-state index in [1.54, 1.807) is 11.1 Å². The number of aryl methyl sites for hydroxylation is 2. The van der Waals surface area contributed by atoms with Gasteiger partial charge in [0.15, 0.2) is 0 Å². The predicted octanol–water partition coefficient (Wildman–Crippen LogP) is 3.56. The SMILES string of the molecule is c1ccc2c(c1)CNC2Cc1ccc2c(c1)CCC2. The molecule has 1 unspecified atom stereocenters. The summed E-state index contributed by atoms with van der Waals surface area (Å²) in [5.41, 5.74) is 7.60. The van der Waals surface area contributed by atoms with Gasteiger partial charge in [0.05, 0.1) is 0 Å². The van der Waals surface area contributed by atoms with Crippen molar-refractivity contribution in [2.24, 2.45) is 0 Å². The van der Waals surface area contributed by atoms with E-state index < -0.39 is 0 Å². The topological polar surface area (TPSA) is 12.0 Å². The average Bonchev–Trinajstić information content (AvgIpc) is 3.06. The zero-order valence-electron chi connectivity index (χ0n) is 11.2. The lowest BCUT2D eigenvalue weighted by atomic mass is 9.97. The van der Waals surface area contributed by atoms with Crippen LogP contribution in [0.3, 0.4) is 0 Å². The second-order valence-electron chi connectivity index (χ2n) is 5.79. The van der Waals surface area contributed by atoms with Crippen LogP contribution in [0.1, 0.15) is 40.3 Å². The Labute approximate surface area is 114 Å². The molecule has 1 aliphatic heterocycles. The molecule has 1 heteroatoms. The molecule has 19 heavy (non-hydrogen) atoms. The van der Waals surface area contributed by atoms with Crippen molar-refractivity contribution in [2.45, 2.75) is 38.3 Å². The molecule has 0 saturated carbocycles. The van der Waals surface area contributed by atoms with Gasteiger partial charge in [0.2, 0.25) is 0 Å². The van der Waals surface area contributed by atoms with Crippen molar-refractivity contribution in [3.63, 3.8) is 0 Å². The van der Waals surface area contributed by atoms with Gasteiger partial charge in [-0.2, -0.15) is 0 Å². The molecule has 1 N–H and O–H groups in total. The summed E-state index contributed by atoms with van der Waals surface area (Å²) >= 11 is 0. The highest BCUT2D eigenvalue weighted by Crippen LogP contribution is 2.29. The maximum atomic E-state index is 3.64. The molecular weight excluding hydrogens is 230 g/mol. The number of fused-ring (bicyclic) bond motifs is 2. The summed E-state index contributed by atoms with van der Waals surface area (Å²) in [6.07, 6.45) is 5.01. The van der Waals surface area contributed by atoms with Gasteiger partial charge in [0.1, 0.15) is 0 Å². The van der Waals surface area contributed by atoms with Crippen molar-refractivity contribution >= 4 is 0 Å². The third-order valence-corrected chi connectivity index (χ3v) is 4.57. The average molecular weight is 249 g/mol. The molecular formula is C18H19N. The highest BCUT2D eigenvalue weighted by Gasteiger charge is 2.21. The summed E-state index contributed by atoms with van der Waals surface area (Å²) in [5.74, 6) is 0. The molecule has 0 amide bonds. The molecule has 0 saturated heterocycles. The fourth-order valence-corrected chi connectivity index (χ4v) is 3.55. The molecule has 0 bridgehead atoms. The first-order valence-corrected chi connectivity index (χ1v) is 7.32. The molecule has 2 aromatic carbocycles. The molecule has 96 valence electrons. The van der Waals surface area contributed by atoms with Gasteiger partial charge in [0.25, 0.3) is 0 Å². The minimum Gasteiger partial charge on any atom is -0.306 e. The van der Waals surface area contributed by atoms with E-state index in [2.05, 4.69) is 47.8 Å². The van der Waals surface area contributed by atoms with Crippen LogP contribution in [0.15, 0.2) is 42.5 Å². The standard InChI is InChI=1S/C18H19N/c1-2-7-17-16(4-1)12-19-18(17)11-13-8-9-14-5-3-6-15(14)10-13/h1-2,4,7-10,18-19H,3,5-6,11-12H2. The zero-order valence-corrected chi connectivity index (χ0v) is 11.2. The van der Waals surface area contributed by atoms with Gasteiger partial charge in [-0.1, -0.05) is 42.5 Å². The smallest absolute Gasteiger partial charge is 0.0367 e. The van der Waals surface area contributed by atoms with Crippen LogP contribution in [-0.2, 0) is 25.8 Å². The van der Waals surface area contributed by atoms with Gasteiger partial charge >= 0.3 is 0 Å². The van der Waals surface area contributed by atoms with Crippen LogP contribution in [0.2, 0.25) is 0 Å². The summed E-state index contributed by atoms with van der Waals surface area (Å²) < 4.78 is 0. The van der Waals surface area contributed by atoms with Crippen LogP contribution >= 0.6 is 0 Å². The van der Waals surface area contributed by atoms with Gasteiger partial charge in [-0.25, -0.2) is 0 Å². The van der Waals surface area contributed by atoms with Crippen LogP contribution < -0.4 is 5.32 Å². The van der Waals surface area contributed by atoms with Crippen molar-refractivity contribution in [3.05, 3.63) is 70.3 Å². The Hall–Kier alpha value is -1.60. The molecule has 1 nitrogen and oxygen atoms in total. The van der Waals surface area contributed by atoms with E-state index in [1.807, 2.05) is 0 Å². The summed E-state index contributed by atoms with van der Waals surface area (Å²) in [4.78, 5) is 0. The third-order valence-electron chi connectivity index (χ3n) is 4.57. The van der Waals surface area contributed by atoms with E-state index in [-0.39, 0.29) is 0 Å². The van der Waals surface area contributed by atoms with Gasteiger partial charge in [0, 0.05) is 12.6 Å². The maximum absolute atomic E-state index is 3.64. The van der Waals surface area contributed by atoms with E-state index in [0.717, 1.165) is 13.0 Å². The van der Waals surface area contributed by atoms with Gasteiger partial charge in [-0.15, -0.1) is 0 Å². The molecule has 0 fully saturated rings. The molecule has 0 radical (unpaired) electrons. The molecule has 1 heterocycles. The molecule has 1 atom stereocenters. The monoisotopic (exact) mass is 249 g/mol. The summed E-state index contributed by atoms with van der Waals surface area (Å²) in [7, 11) is 0. The molecule has 4 rings (SSSR count). The van der Waals surface area contributed by atoms with Gasteiger partial charge in [-0.05, 0) is 53.5 Å². The van der Waals surface area contributed by atoms with Crippen molar-refractivity contribution in [1.82, 2.24) is 5.32 Å². The highest BCUT2D eigenvalue weighted by molar-refractivity contribution is 5.38. The Balaban J connectivity index is 1.60. The number of hydrogen-bond acceptors (Lipinski definition) is 1. The Morgan fingerprint density at radius 1 is 0.947 bits per heavy atom. The molecule has 1 aliphatic carbocycles.